The summed E-state index contributed by atoms with van der Waals surface area (Å²) >= 11 is 0. The smallest absolute Gasteiger partial charge is 0.326 e. The van der Waals surface area contributed by atoms with Gasteiger partial charge in [-0.25, -0.2) is 4.68 Å². The first-order chi connectivity index (χ1) is 13.7. The summed E-state index contributed by atoms with van der Waals surface area (Å²) in [5.74, 6) is -1.11. The Bertz CT molecular complexity index is 1030. The van der Waals surface area contributed by atoms with Crippen LogP contribution in [0.1, 0.15) is 18.1 Å². The second-order valence-corrected chi connectivity index (χ2v) is 6.29. The Balaban J connectivity index is 1.75. The van der Waals surface area contributed by atoms with Crippen LogP contribution in [0.15, 0.2) is 60.9 Å². The maximum absolute atomic E-state index is 13.4. The molecule has 0 bridgehead atoms. The summed E-state index contributed by atoms with van der Waals surface area (Å²) in [5, 5.41) is 8.74. The Kier molecular flexibility index (Phi) is 5.67. The van der Waals surface area contributed by atoms with Gasteiger partial charge in [-0.1, -0.05) is 18.2 Å². The molecule has 150 valence electrons. The zero-order valence-electron chi connectivity index (χ0n) is 15.3. The van der Waals surface area contributed by atoms with E-state index in [2.05, 4.69) is 15.7 Å². The Labute approximate surface area is 164 Å². The largest absolute Gasteiger partial charge is 0.418 e. The van der Waals surface area contributed by atoms with Crippen LogP contribution in [0.25, 0.3) is 5.69 Å². The number of aromatic nitrogens is 2. The van der Waals surface area contributed by atoms with Crippen molar-refractivity contribution >= 4 is 23.2 Å². The third-order valence-corrected chi connectivity index (χ3v) is 3.94. The van der Waals surface area contributed by atoms with Crippen molar-refractivity contribution < 1.29 is 22.8 Å². The lowest BCUT2D eigenvalue weighted by Crippen LogP contribution is -2.18. The first-order valence-corrected chi connectivity index (χ1v) is 8.60. The van der Waals surface area contributed by atoms with Gasteiger partial charge >= 0.3 is 6.18 Å². The van der Waals surface area contributed by atoms with Crippen LogP contribution < -0.4 is 10.6 Å². The van der Waals surface area contributed by atoms with Gasteiger partial charge in [-0.3, -0.25) is 9.59 Å². The van der Waals surface area contributed by atoms with E-state index in [1.807, 2.05) is 30.3 Å². The van der Waals surface area contributed by atoms with Crippen molar-refractivity contribution in [2.75, 3.05) is 10.6 Å². The third kappa shape index (κ3) is 5.22. The summed E-state index contributed by atoms with van der Waals surface area (Å²) < 4.78 is 41.6. The summed E-state index contributed by atoms with van der Waals surface area (Å²) in [7, 11) is 0. The van der Waals surface area contributed by atoms with Crippen LogP contribution in [-0.2, 0) is 22.2 Å². The molecule has 0 atom stereocenters. The van der Waals surface area contributed by atoms with Crippen LogP contribution in [0.4, 0.5) is 24.5 Å². The van der Waals surface area contributed by atoms with Crippen molar-refractivity contribution in [2.45, 2.75) is 19.5 Å². The molecule has 0 aliphatic heterocycles. The number of benzene rings is 2. The number of nitrogens with one attached hydrogen (secondary N) is 2. The fourth-order valence-electron chi connectivity index (χ4n) is 2.72. The van der Waals surface area contributed by atoms with Gasteiger partial charge in [0.25, 0.3) is 0 Å². The molecule has 0 unspecified atom stereocenters. The van der Waals surface area contributed by atoms with Crippen molar-refractivity contribution in [3.05, 3.63) is 72.1 Å². The number of hydrogen-bond acceptors (Lipinski definition) is 3. The molecule has 2 amide bonds. The van der Waals surface area contributed by atoms with Gasteiger partial charge in [0.2, 0.25) is 11.8 Å². The van der Waals surface area contributed by atoms with E-state index < -0.39 is 23.6 Å². The first kappa shape index (κ1) is 20.1. The van der Waals surface area contributed by atoms with Gasteiger partial charge in [0.1, 0.15) is 0 Å². The highest BCUT2D eigenvalue weighted by Gasteiger charge is 2.34. The molecule has 9 heteroatoms. The molecule has 1 heterocycles. The Morgan fingerprint density at radius 2 is 1.79 bits per heavy atom. The zero-order valence-corrected chi connectivity index (χ0v) is 15.3. The Morgan fingerprint density at radius 3 is 2.45 bits per heavy atom. The van der Waals surface area contributed by atoms with E-state index in [0.29, 0.717) is 5.56 Å². The van der Waals surface area contributed by atoms with Crippen LogP contribution in [-0.4, -0.2) is 21.6 Å². The highest BCUT2D eigenvalue weighted by molar-refractivity contribution is 5.94. The summed E-state index contributed by atoms with van der Waals surface area (Å²) in [4.78, 5) is 23.4. The fourth-order valence-corrected chi connectivity index (χ4v) is 2.72. The van der Waals surface area contributed by atoms with Gasteiger partial charge in [-0.15, -0.1) is 0 Å². The van der Waals surface area contributed by atoms with Gasteiger partial charge in [0.05, 0.1) is 29.6 Å². The van der Waals surface area contributed by atoms with Crippen molar-refractivity contribution in [3.63, 3.8) is 0 Å². The molecule has 0 saturated heterocycles. The van der Waals surface area contributed by atoms with Crippen LogP contribution >= 0.6 is 0 Å². The quantitative estimate of drug-likeness (QED) is 0.677. The number of para-hydroxylation sites is 1. The van der Waals surface area contributed by atoms with Crippen LogP contribution in [0.5, 0.6) is 0 Å². The van der Waals surface area contributed by atoms with Crippen molar-refractivity contribution in [2.24, 2.45) is 0 Å². The summed E-state index contributed by atoms with van der Waals surface area (Å²) in [5.41, 5.74) is -0.0852. The number of amides is 2. The van der Waals surface area contributed by atoms with Crippen LogP contribution in [0, 0.1) is 0 Å². The minimum atomic E-state index is -4.70. The molecule has 0 aliphatic carbocycles. The van der Waals surface area contributed by atoms with E-state index in [4.69, 9.17) is 0 Å². The molecule has 1 aromatic heterocycles. The second-order valence-electron chi connectivity index (χ2n) is 6.29. The van der Waals surface area contributed by atoms with E-state index in [1.165, 1.54) is 19.2 Å². The lowest BCUT2D eigenvalue weighted by molar-refractivity contribution is -0.137. The van der Waals surface area contributed by atoms with E-state index in [9.17, 15) is 22.8 Å². The van der Waals surface area contributed by atoms with Gasteiger partial charge in [-0.05, 0) is 35.9 Å². The highest BCUT2D eigenvalue weighted by Crippen LogP contribution is 2.36. The fraction of sp³-hybridized carbons (Fsp3) is 0.150. The zero-order chi connectivity index (χ0) is 21.0. The number of anilines is 2. The predicted molar refractivity (Wildman–Crippen MR) is 102 cm³/mol. The number of rotatable bonds is 5. The standard InChI is InChI=1S/C20H17F3N4O2/c1-13(28)25-15-7-8-18(17(10-15)20(21,22)23)26-19(29)9-14-11-24-27(12-14)16-5-3-2-4-6-16/h2-8,10-12H,9H2,1H3,(H,25,28)(H,26,29). The van der Waals surface area contributed by atoms with Crippen molar-refractivity contribution in [1.29, 1.82) is 0 Å². The van der Waals surface area contributed by atoms with E-state index in [1.54, 1.807) is 10.9 Å². The lowest BCUT2D eigenvalue weighted by atomic mass is 10.1. The summed E-state index contributed by atoms with van der Waals surface area (Å²) in [6, 6.07) is 12.4. The third-order valence-electron chi connectivity index (χ3n) is 3.94. The summed E-state index contributed by atoms with van der Waals surface area (Å²) in [6.45, 7) is 1.19. The van der Waals surface area contributed by atoms with Gasteiger partial charge in [0, 0.05) is 18.8 Å². The second kappa shape index (κ2) is 8.17. The topological polar surface area (TPSA) is 76.0 Å². The highest BCUT2D eigenvalue weighted by atomic mass is 19.4. The number of carbonyl (C=O) groups is 2. The number of hydrogen-bond donors (Lipinski definition) is 2. The molecule has 2 N–H and O–H groups in total. The van der Waals surface area contributed by atoms with Crippen LogP contribution in [0.2, 0.25) is 0 Å². The Morgan fingerprint density at radius 1 is 1.07 bits per heavy atom. The van der Waals surface area contributed by atoms with Crippen molar-refractivity contribution in [3.8, 4) is 5.69 Å². The molecule has 0 fully saturated rings. The molecule has 3 aromatic rings. The molecule has 0 radical (unpaired) electrons. The normalized spacial score (nSPS) is 11.2. The molecule has 29 heavy (non-hydrogen) atoms. The number of nitrogens with zero attached hydrogens (tertiary/aromatic N) is 2. The number of halogens is 3. The molecular weight excluding hydrogens is 385 g/mol. The summed E-state index contributed by atoms with van der Waals surface area (Å²) in [6.07, 6.45) is -1.72. The molecule has 2 aromatic carbocycles. The van der Waals surface area contributed by atoms with E-state index in [-0.39, 0.29) is 17.8 Å². The number of alkyl halides is 3. The van der Waals surface area contributed by atoms with Crippen molar-refractivity contribution in [1.82, 2.24) is 9.78 Å². The number of carbonyl (C=O) groups excluding carboxylic acids is 2. The van der Waals surface area contributed by atoms with Gasteiger partial charge in [-0.2, -0.15) is 18.3 Å². The lowest BCUT2D eigenvalue weighted by Gasteiger charge is -2.15. The SMILES string of the molecule is CC(=O)Nc1ccc(NC(=O)Cc2cnn(-c3ccccc3)c2)c(C(F)(F)F)c1. The van der Waals surface area contributed by atoms with Crippen LogP contribution in [0.3, 0.4) is 0 Å². The maximum Gasteiger partial charge on any atom is 0.418 e. The van der Waals surface area contributed by atoms with Gasteiger partial charge in [0.15, 0.2) is 0 Å². The monoisotopic (exact) mass is 402 g/mol. The minimum Gasteiger partial charge on any atom is -0.326 e. The molecule has 3 rings (SSSR count). The average Bonchev–Trinajstić information content (AvgIpc) is 3.11. The minimum absolute atomic E-state index is 0.00744. The van der Waals surface area contributed by atoms with E-state index >= 15 is 0 Å². The average molecular weight is 402 g/mol. The Hall–Kier alpha value is -3.62. The molecular formula is C20H17F3N4O2. The molecule has 6 nitrogen and oxygen atoms in total. The predicted octanol–water partition coefficient (Wildman–Crippen LogP) is 4.03. The molecule has 0 spiro atoms. The first-order valence-electron chi connectivity index (χ1n) is 8.60. The van der Waals surface area contributed by atoms with E-state index in [0.717, 1.165) is 17.8 Å². The maximum atomic E-state index is 13.4. The molecule has 0 saturated carbocycles. The molecule has 0 aliphatic rings. The van der Waals surface area contributed by atoms with Gasteiger partial charge < -0.3 is 10.6 Å².